The van der Waals surface area contributed by atoms with Gasteiger partial charge in [0.25, 0.3) is 5.91 Å². The molecule has 0 saturated heterocycles. The lowest BCUT2D eigenvalue weighted by molar-refractivity contribution is 0.0953. The van der Waals surface area contributed by atoms with Crippen LogP contribution in [-0.2, 0) is 0 Å². The molecule has 1 rings (SSSR count). The number of amides is 1. The van der Waals surface area contributed by atoms with Gasteiger partial charge in [0, 0.05) is 17.4 Å². The van der Waals surface area contributed by atoms with Gasteiger partial charge < -0.3 is 14.8 Å². The van der Waals surface area contributed by atoms with E-state index in [0.717, 1.165) is 18.2 Å². The molecule has 0 fully saturated rings. The maximum atomic E-state index is 11.9. The van der Waals surface area contributed by atoms with Gasteiger partial charge in [-0.15, -0.1) is 0 Å². The third-order valence-electron chi connectivity index (χ3n) is 2.49. The summed E-state index contributed by atoms with van der Waals surface area (Å²) in [5.41, 5.74) is 0.575. The number of ether oxygens (including phenoxy) is 2. The first-order valence-corrected chi connectivity index (χ1v) is 6.91. The lowest BCUT2D eigenvalue weighted by Crippen LogP contribution is -2.24. The van der Waals surface area contributed by atoms with E-state index in [1.165, 1.54) is 0 Å². The monoisotopic (exact) mass is 315 g/mol. The molecule has 4 nitrogen and oxygen atoms in total. The second-order valence-corrected chi connectivity index (χ2v) is 4.51. The predicted octanol–water partition coefficient (Wildman–Crippen LogP) is 2.61. The van der Waals surface area contributed by atoms with E-state index in [9.17, 15) is 4.79 Å². The third-order valence-corrected chi connectivity index (χ3v) is 3.05. The van der Waals surface area contributed by atoms with E-state index in [2.05, 4.69) is 21.2 Å². The van der Waals surface area contributed by atoms with Crippen LogP contribution in [0.4, 0.5) is 0 Å². The van der Waals surface area contributed by atoms with Crippen molar-refractivity contribution in [1.29, 1.82) is 0 Å². The number of benzene rings is 1. The molecule has 0 bridgehead atoms. The predicted molar refractivity (Wildman–Crippen MR) is 74.9 cm³/mol. The molecule has 0 spiro atoms. The summed E-state index contributed by atoms with van der Waals surface area (Å²) in [6.07, 6.45) is 2.01. The fraction of sp³-hybridized carbons (Fsp3) is 0.462. The SMILES string of the molecule is COc1ccc(C(=O)NCCCCBr)cc1OC. The first-order chi connectivity index (χ1) is 8.72. The average Bonchev–Trinajstić information content (AvgIpc) is 2.42. The van der Waals surface area contributed by atoms with Gasteiger partial charge in [0.15, 0.2) is 11.5 Å². The molecule has 1 aromatic carbocycles. The van der Waals surface area contributed by atoms with Crippen LogP contribution in [0.15, 0.2) is 18.2 Å². The van der Waals surface area contributed by atoms with Crippen molar-refractivity contribution >= 4 is 21.8 Å². The largest absolute Gasteiger partial charge is 0.493 e. The highest BCUT2D eigenvalue weighted by molar-refractivity contribution is 9.09. The quantitative estimate of drug-likeness (QED) is 0.621. The van der Waals surface area contributed by atoms with Gasteiger partial charge in [0.1, 0.15) is 0 Å². The topological polar surface area (TPSA) is 47.6 Å². The number of rotatable bonds is 7. The summed E-state index contributed by atoms with van der Waals surface area (Å²) >= 11 is 3.35. The number of hydrogen-bond donors (Lipinski definition) is 1. The number of halogens is 1. The van der Waals surface area contributed by atoms with Crippen LogP contribution >= 0.6 is 15.9 Å². The van der Waals surface area contributed by atoms with Crippen LogP contribution in [0.1, 0.15) is 23.2 Å². The van der Waals surface area contributed by atoms with Gasteiger partial charge in [-0.05, 0) is 31.0 Å². The minimum absolute atomic E-state index is 0.0921. The summed E-state index contributed by atoms with van der Waals surface area (Å²) in [7, 11) is 3.12. The maximum absolute atomic E-state index is 11.9. The third kappa shape index (κ3) is 4.22. The van der Waals surface area contributed by atoms with Crippen LogP contribution < -0.4 is 14.8 Å². The number of unbranched alkanes of at least 4 members (excludes halogenated alkanes) is 1. The van der Waals surface area contributed by atoms with Gasteiger partial charge in [-0.25, -0.2) is 0 Å². The Morgan fingerprint density at radius 3 is 2.56 bits per heavy atom. The number of methoxy groups -OCH3 is 2. The molecule has 0 aromatic heterocycles. The van der Waals surface area contributed by atoms with E-state index in [4.69, 9.17) is 9.47 Å². The molecule has 0 saturated carbocycles. The summed E-state index contributed by atoms with van der Waals surface area (Å²) in [6.45, 7) is 0.679. The van der Waals surface area contributed by atoms with Crippen molar-refractivity contribution in [3.63, 3.8) is 0 Å². The second kappa shape index (κ2) is 7.97. The van der Waals surface area contributed by atoms with Crippen molar-refractivity contribution in [2.24, 2.45) is 0 Å². The van der Waals surface area contributed by atoms with Gasteiger partial charge in [-0.1, -0.05) is 15.9 Å². The highest BCUT2D eigenvalue weighted by atomic mass is 79.9. The first-order valence-electron chi connectivity index (χ1n) is 5.79. The van der Waals surface area contributed by atoms with Gasteiger partial charge in [0.05, 0.1) is 14.2 Å². The van der Waals surface area contributed by atoms with Crippen LogP contribution in [0.25, 0.3) is 0 Å². The van der Waals surface area contributed by atoms with Crippen molar-refractivity contribution in [1.82, 2.24) is 5.32 Å². The van der Waals surface area contributed by atoms with Crippen molar-refractivity contribution in [3.8, 4) is 11.5 Å². The summed E-state index contributed by atoms with van der Waals surface area (Å²) in [5.74, 6) is 1.09. The molecule has 1 amide bonds. The molecule has 0 aliphatic rings. The number of carbonyl (C=O) groups is 1. The van der Waals surface area contributed by atoms with Crippen LogP contribution in [0.5, 0.6) is 11.5 Å². The van der Waals surface area contributed by atoms with E-state index in [1.807, 2.05) is 0 Å². The molecule has 5 heteroatoms. The standard InChI is InChI=1S/C13H18BrNO3/c1-17-11-6-5-10(9-12(11)18-2)13(16)15-8-4-3-7-14/h5-6,9H,3-4,7-8H2,1-2H3,(H,15,16). The average molecular weight is 316 g/mol. The summed E-state index contributed by atoms with van der Waals surface area (Å²) in [4.78, 5) is 11.9. The van der Waals surface area contributed by atoms with E-state index in [-0.39, 0.29) is 5.91 Å². The molecule has 0 aliphatic heterocycles. The molecule has 18 heavy (non-hydrogen) atoms. The van der Waals surface area contributed by atoms with Crippen molar-refractivity contribution in [3.05, 3.63) is 23.8 Å². The molecule has 100 valence electrons. The van der Waals surface area contributed by atoms with E-state index < -0.39 is 0 Å². The van der Waals surface area contributed by atoms with Crippen molar-refractivity contribution in [2.75, 3.05) is 26.1 Å². The van der Waals surface area contributed by atoms with Crippen LogP contribution in [0, 0.1) is 0 Å². The molecule has 1 N–H and O–H groups in total. The number of alkyl halides is 1. The molecule has 1 aromatic rings. The van der Waals surface area contributed by atoms with Gasteiger partial charge >= 0.3 is 0 Å². The zero-order valence-electron chi connectivity index (χ0n) is 10.7. The Morgan fingerprint density at radius 2 is 1.94 bits per heavy atom. The molecule has 0 aliphatic carbocycles. The summed E-state index contributed by atoms with van der Waals surface area (Å²) in [6, 6.07) is 5.13. The highest BCUT2D eigenvalue weighted by Crippen LogP contribution is 2.27. The van der Waals surface area contributed by atoms with Crippen molar-refractivity contribution in [2.45, 2.75) is 12.8 Å². The Kier molecular flexibility index (Phi) is 6.57. The fourth-order valence-corrected chi connectivity index (χ4v) is 1.90. The zero-order chi connectivity index (χ0) is 13.4. The van der Waals surface area contributed by atoms with E-state index >= 15 is 0 Å². The molecule has 0 radical (unpaired) electrons. The summed E-state index contributed by atoms with van der Waals surface area (Å²) in [5, 5.41) is 3.82. The molecule has 0 atom stereocenters. The smallest absolute Gasteiger partial charge is 0.251 e. The lowest BCUT2D eigenvalue weighted by atomic mass is 10.2. The number of hydrogen-bond acceptors (Lipinski definition) is 3. The van der Waals surface area contributed by atoms with E-state index in [0.29, 0.717) is 23.6 Å². The Bertz CT molecular complexity index is 396. The van der Waals surface area contributed by atoms with Gasteiger partial charge in [-0.3, -0.25) is 4.79 Å². The van der Waals surface area contributed by atoms with Gasteiger partial charge in [-0.2, -0.15) is 0 Å². The Labute approximate surface area is 116 Å². The maximum Gasteiger partial charge on any atom is 0.251 e. The van der Waals surface area contributed by atoms with Crippen molar-refractivity contribution < 1.29 is 14.3 Å². The molecule has 0 unspecified atom stereocenters. The van der Waals surface area contributed by atoms with Gasteiger partial charge in [0.2, 0.25) is 0 Å². The Hall–Kier alpha value is -1.23. The Morgan fingerprint density at radius 1 is 1.22 bits per heavy atom. The zero-order valence-corrected chi connectivity index (χ0v) is 12.2. The molecular weight excluding hydrogens is 298 g/mol. The first kappa shape index (κ1) is 14.8. The van der Waals surface area contributed by atoms with Crippen LogP contribution in [-0.4, -0.2) is 32.0 Å². The number of carbonyl (C=O) groups excluding carboxylic acids is 1. The van der Waals surface area contributed by atoms with Crippen LogP contribution in [0.2, 0.25) is 0 Å². The normalized spacial score (nSPS) is 9.94. The lowest BCUT2D eigenvalue weighted by Gasteiger charge is -2.09. The summed E-state index contributed by atoms with van der Waals surface area (Å²) < 4.78 is 10.3. The minimum Gasteiger partial charge on any atom is -0.493 e. The van der Waals surface area contributed by atoms with Crippen LogP contribution in [0.3, 0.4) is 0 Å². The van der Waals surface area contributed by atoms with E-state index in [1.54, 1.807) is 32.4 Å². The molecular formula is C13H18BrNO3. The molecule has 0 heterocycles. The fourth-order valence-electron chi connectivity index (χ4n) is 1.50. The Balaban J connectivity index is 2.62. The number of nitrogens with one attached hydrogen (secondary N) is 1. The highest BCUT2D eigenvalue weighted by Gasteiger charge is 2.09. The minimum atomic E-state index is -0.0921. The second-order valence-electron chi connectivity index (χ2n) is 3.72.